The number of hydrogen-bond donors (Lipinski definition) is 0. The van der Waals surface area contributed by atoms with Crippen LogP contribution in [0.15, 0.2) is 66.7 Å². The Labute approximate surface area is 294 Å². The summed E-state index contributed by atoms with van der Waals surface area (Å²) in [6.45, 7) is 30.5. The molecule has 0 aliphatic carbocycles. The second-order valence-corrected chi connectivity index (χ2v) is 20.7. The second-order valence-electron chi connectivity index (χ2n) is 15.9. The Kier molecular flexibility index (Phi) is 14.3. The van der Waals surface area contributed by atoms with Gasteiger partial charge in [0.25, 0.3) is 0 Å². The molecule has 0 bridgehead atoms. The largest absolute Gasteiger partial charge is 0.456 e. The van der Waals surface area contributed by atoms with Gasteiger partial charge in [0.15, 0.2) is 8.32 Å². The molecule has 0 heterocycles. The summed E-state index contributed by atoms with van der Waals surface area (Å²) in [5.41, 5.74) is 8.78. The zero-order valence-corrected chi connectivity index (χ0v) is 33.4. The molecule has 3 rings (SSSR count). The molecule has 0 saturated carbocycles. The lowest BCUT2D eigenvalue weighted by molar-refractivity contribution is -0.163. The first-order valence-corrected chi connectivity index (χ1v) is 21.2. The van der Waals surface area contributed by atoms with E-state index in [9.17, 15) is 4.79 Å². The zero-order chi connectivity index (χ0) is 35.8. The van der Waals surface area contributed by atoms with Gasteiger partial charge in [-0.2, -0.15) is 0 Å². The number of benzene rings is 3. The standard InChI is InChI=1S/C43H65NO3Si/c1-14-30(3)27-38(40(15-2)47-48(12,13)43(9,10)11)42(45)46-41(36-22-17-16-18-23-36)35(8)44(28-37-24-20-19-21-32(37)5)29-39-33(6)25-31(4)26-34(39)7/h16-26,30,35,38,40-41H,14-15,27-29H2,1-13H3/t30-,35-,38+,40+,41-/m0/s1. The van der Waals surface area contributed by atoms with Crippen LogP contribution in [0.25, 0.3) is 0 Å². The van der Waals surface area contributed by atoms with Gasteiger partial charge in [0.2, 0.25) is 0 Å². The summed E-state index contributed by atoms with van der Waals surface area (Å²) < 4.78 is 13.8. The van der Waals surface area contributed by atoms with Crippen molar-refractivity contribution >= 4 is 14.3 Å². The summed E-state index contributed by atoms with van der Waals surface area (Å²) in [6, 6.07) is 23.4. The Morgan fingerprint density at radius 1 is 0.812 bits per heavy atom. The fourth-order valence-corrected chi connectivity index (χ4v) is 7.95. The van der Waals surface area contributed by atoms with Gasteiger partial charge < -0.3 is 9.16 Å². The van der Waals surface area contributed by atoms with Crippen LogP contribution in [0.4, 0.5) is 0 Å². The molecule has 0 radical (unpaired) electrons. The van der Waals surface area contributed by atoms with E-state index in [4.69, 9.17) is 9.16 Å². The molecular weight excluding hydrogens is 607 g/mol. The third-order valence-corrected chi connectivity index (χ3v) is 15.5. The molecular formula is C43H65NO3Si. The fraction of sp³-hybridized carbons (Fsp3) is 0.558. The van der Waals surface area contributed by atoms with Crippen LogP contribution in [-0.4, -0.2) is 31.3 Å². The Bertz CT molecular complexity index is 1440. The second kappa shape index (κ2) is 17.3. The smallest absolute Gasteiger partial charge is 0.312 e. The van der Waals surface area contributed by atoms with Crippen LogP contribution in [0.3, 0.4) is 0 Å². The summed E-state index contributed by atoms with van der Waals surface area (Å²) in [5, 5.41) is 0.0502. The lowest BCUT2D eigenvalue weighted by atomic mass is 9.88. The quantitative estimate of drug-likeness (QED) is 0.112. The molecule has 5 atom stereocenters. The number of carbonyl (C=O) groups is 1. The first-order chi connectivity index (χ1) is 22.5. The molecule has 0 fully saturated rings. The van der Waals surface area contributed by atoms with Crippen LogP contribution >= 0.6 is 0 Å². The molecule has 0 unspecified atom stereocenters. The summed E-state index contributed by atoms with van der Waals surface area (Å²) >= 11 is 0. The summed E-state index contributed by atoms with van der Waals surface area (Å²) in [6.07, 6.45) is 1.92. The number of carbonyl (C=O) groups excluding carboxylic acids is 1. The highest BCUT2D eigenvalue weighted by molar-refractivity contribution is 6.74. The summed E-state index contributed by atoms with van der Waals surface area (Å²) in [7, 11) is -2.13. The summed E-state index contributed by atoms with van der Waals surface area (Å²) in [5.74, 6) is -0.0822. The molecule has 4 nitrogen and oxygen atoms in total. The normalized spacial score (nSPS) is 15.5. The van der Waals surface area contributed by atoms with Gasteiger partial charge in [0, 0.05) is 19.1 Å². The van der Waals surface area contributed by atoms with E-state index in [0.29, 0.717) is 5.92 Å². The maximum absolute atomic E-state index is 14.7. The monoisotopic (exact) mass is 671 g/mol. The number of rotatable bonds is 16. The van der Waals surface area contributed by atoms with Crippen molar-refractivity contribution in [2.45, 2.75) is 145 Å². The molecule has 48 heavy (non-hydrogen) atoms. The van der Waals surface area contributed by atoms with E-state index in [0.717, 1.165) is 37.9 Å². The average Bonchev–Trinajstić information content (AvgIpc) is 3.02. The van der Waals surface area contributed by atoms with Crippen LogP contribution < -0.4 is 0 Å². The average molecular weight is 672 g/mol. The summed E-state index contributed by atoms with van der Waals surface area (Å²) in [4.78, 5) is 17.2. The fourth-order valence-electron chi connectivity index (χ4n) is 6.51. The third-order valence-electron chi connectivity index (χ3n) is 11.0. The van der Waals surface area contributed by atoms with Crippen LogP contribution in [0.5, 0.6) is 0 Å². The van der Waals surface area contributed by atoms with Crippen molar-refractivity contribution in [3.8, 4) is 0 Å². The SMILES string of the molecule is CC[C@H](C)C[C@@H](C(=O)O[C@H](c1ccccc1)[C@H](C)N(Cc1ccccc1C)Cc1c(C)cc(C)cc1C)[C@@H](CC)O[Si](C)(C)C(C)(C)C. The Balaban J connectivity index is 2.08. The molecule has 0 aliphatic rings. The van der Waals surface area contributed by atoms with E-state index < -0.39 is 14.4 Å². The molecule has 0 aliphatic heterocycles. The van der Waals surface area contributed by atoms with Crippen molar-refractivity contribution in [3.05, 3.63) is 106 Å². The Morgan fingerprint density at radius 2 is 1.40 bits per heavy atom. The van der Waals surface area contributed by atoms with E-state index in [2.05, 4.69) is 155 Å². The van der Waals surface area contributed by atoms with Crippen LogP contribution in [0.2, 0.25) is 18.1 Å². The topological polar surface area (TPSA) is 38.8 Å². The van der Waals surface area contributed by atoms with Gasteiger partial charge in [-0.15, -0.1) is 0 Å². The Hall–Kier alpha value is -2.73. The minimum absolute atomic E-state index is 0.0502. The number of ether oxygens (including phenoxy) is 1. The predicted octanol–water partition coefficient (Wildman–Crippen LogP) is 11.4. The highest BCUT2D eigenvalue weighted by atomic mass is 28.4. The molecule has 0 N–H and O–H groups in total. The van der Waals surface area contributed by atoms with E-state index in [1.54, 1.807) is 0 Å². The Morgan fingerprint density at radius 3 is 1.94 bits per heavy atom. The number of hydrogen-bond acceptors (Lipinski definition) is 4. The maximum atomic E-state index is 14.7. The van der Waals surface area contributed by atoms with E-state index >= 15 is 0 Å². The van der Waals surface area contributed by atoms with Gasteiger partial charge in [-0.25, -0.2) is 0 Å². The molecule has 3 aromatic carbocycles. The van der Waals surface area contributed by atoms with Crippen molar-refractivity contribution in [1.82, 2.24) is 4.90 Å². The molecule has 0 saturated heterocycles. The van der Waals surface area contributed by atoms with Crippen molar-refractivity contribution in [2.75, 3.05) is 0 Å². The predicted molar refractivity (Wildman–Crippen MR) is 206 cm³/mol. The highest BCUT2D eigenvalue weighted by Crippen LogP contribution is 2.40. The van der Waals surface area contributed by atoms with Gasteiger partial charge >= 0.3 is 5.97 Å². The van der Waals surface area contributed by atoms with Crippen molar-refractivity contribution < 1.29 is 14.0 Å². The van der Waals surface area contributed by atoms with Crippen molar-refractivity contribution in [1.29, 1.82) is 0 Å². The molecule has 5 heteroatoms. The van der Waals surface area contributed by atoms with Crippen LogP contribution in [0, 0.1) is 39.5 Å². The first-order valence-electron chi connectivity index (χ1n) is 18.3. The molecule has 0 spiro atoms. The minimum Gasteiger partial charge on any atom is -0.456 e. The number of aryl methyl sites for hydroxylation is 4. The van der Waals surface area contributed by atoms with Gasteiger partial charge in [-0.05, 0) is 105 Å². The maximum Gasteiger partial charge on any atom is 0.312 e. The molecule has 0 aromatic heterocycles. The van der Waals surface area contributed by atoms with Gasteiger partial charge in [0.1, 0.15) is 6.10 Å². The van der Waals surface area contributed by atoms with Crippen LogP contribution in [-0.2, 0) is 27.0 Å². The molecule has 0 amide bonds. The van der Waals surface area contributed by atoms with Gasteiger partial charge in [-0.1, -0.05) is 120 Å². The van der Waals surface area contributed by atoms with E-state index in [1.807, 2.05) is 6.07 Å². The van der Waals surface area contributed by atoms with Crippen molar-refractivity contribution in [2.24, 2.45) is 11.8 Å². The van der Waals surface area contributed by atoms with Crippen LogP contribution in [0.1, 0.15) is 113 Å². The van der Waals surface area contributed by atoms with E-state index in [1.165, 1.54) is 33.4 Å². The van der Waals surface area contributed by atoms with Gasteiger partial charge in [0.05, 0.1) is 12.0 Å². The third kappa shape index (κ3) is 10.4. The number of esters is 1. The highest BCUT2D eigenvalue weighted by Gasteiger charge is 2.43. The van der Waals surface area contributed by atoms with E-state index in [-0.39, 0.29) is 29.1 Å². The minimum atomic E-state index is -2.13. The van der Waals surface area contributed by atoms with Gasteiger partial charge in [-0.3, -0.25) is 9.69 Å². The van der Waals surface area contributed by atoms with Crippen molar-refractivity contribution in [3.63, 3.8) is 0 Å². The number of nitrogens with zero attached hydrogens (tertiary/aromatic N) is 1. The lowest BCUT2D eigenvalue weighted by Crippen LogP contribution is -2.48. The zero-order valence-electron chi connectivity index (χ0n) is 32.4. The molecule has 3 aromatic rings. The lowest BCUT2D eigenvalue weighted by Gasteiger charge is -2.42. The molecule has 264 valence electrons. The first kappa shape index (κ1) is 39.7.